The fourth-order valence-corrected chi connectivity index (χ4v) is 1.77. The number of amides is 1. The summed E-state index contributed by atoms with van der Waals surface area (Å²) >= 11 is 1.61. The molecule has 1 N–H and O–H groups in total. The van der Waals surface area contributed by atoms with Crippen LogP contribution in [0.5, 0.6) is 0 Å². The molecule has 3 nitrogen and oxygen atoms in total. The van der Waals surface area contributed by atoms with Crippen molar-refractivity contribution in [3.05, 3.63) is 22.4 Å². The van der Waals surface area contributed by atoms with Crippen LogP contribution in [0.1, 0.15) is 17.7 Å². The molecule has 0 aromatic carbocycles. The van der Waals surface area contributed by atoms with E-state index in [0.29, 0.717) is 0 Å². The minimum absolute atomic E-state index is 0.0347. The Morgan fingerprint density at radius 2 is 2.31 bits per heavy atom. The number of hydrogen-bond donors (Lipinski definition) is 1. The van der Waals surface area contributed by atoms with E-state index in [1.807, 2.05) is 24.4 Å². The predicted molar refractivity (Wildman–Crippen MR) is 54.6 cm³/mol. The van der Waals surface area contributed by atoms with E-state index in [1.165, 1.54) is 0 Å². The molecule has 1 aromatic rings. The highest BCUT2D eigenvalue weighted by atomic mass is 32.1. The van der Waals surface area contributed by atoms with Crippen molar-refractivity contribution in [1.29, 1.82) is 0 Å². The number of nitrogens with one attached hydrogen (secondary N) is 1. The van der Waals surface area contributed by atoms with E-state index in [-0.39, 0.29) is 11.8 Å². The van der Waals surface area contributed by atoms with E-state index >= 15 is 0 Å². The maximum atomic E-state index is 11.5. The largest absolute Gasteiger partial charge is 0.289 e. The molecule has 0 aliphatic heterocycles. The highest BCUT2D eigenvalue weighted by Gasteiger charge is 2.15. The monoisotopic (exact) mass is 198 g/mol. The van der Waals surface area contributed by atoms with Crippen molar-refractivity contribution in [2.75, 3.05) is 14.1 Å². The second-order valence-electron chi connectivity index (χ2n) is 3.11. The summed E-state index contributed by atoms with van der Waals surface area (Å²) in [5.74, 6) is -0.0325. The van der Waals surface area contributed by atoms with Gasteiger partial charge in [0.05, 0.1) is 5.92 Å². The highest BCUT2D eigenvalue weighted by molar-refractivity contribution is 7.10. The molecule has 0 aliphatic rings. The van der Waals surface area contributed by atoms with Crippen LogP contribution in [-0.2, 0) is 4.79 Å². The number of hydrogen-bond acceptors (Lipinski definition) is 3. The van der Waals surface area contributed by atoms with Crippen LogP contribution >= 0.6 is 11.3 Å². The lowest BCUT2D eigenvalue weighted by molar-refractivity contribution is -0.125. The number of carbonyl (C=O) groups excluding carboxylic acids is 1. The fraction of sp³-hybridized carbons (Fsp3) is 0.444. The molecular weight excluding hydrogens is 184 g/mol. The van der Waals surface area contributed by atoms with Crippen molar-refractivity contribution in [2.45, 2.75) is 12.8 Å². The van der Waals surface area contributed by atoms with Crippen molar-refractivity contribution in [1.82, 2.24) is 10.4 Å². The van der Waals surface area contributed by atoms with E-state index in [1.54, 1.807) is 30.4 Å². The lowest BCUT2D eigenvalue weighted by Crippen LogP contribution is -2.38. The van der Waals surface area contributed by atoms with E-state index < -0.39 is 0 Å². The topological polar surface area (TPSA) is 32.3 Å². The Balaban J connectivity index is 2.58. The Kier molecular flexibility index (Phi) is 3.45. The first-order valence-corrected chi connectivity index (χ1v) is 5.00. The summed E-state index contributed by atoms with van der Waals surface area (Å²) in [6, 6.07) is 3.93. The quantitative estimate of drug-likeness (QED) is 0.745. The first-order valence-electron chi connectivity index (χ1n) is 4.12. The maximum absolute atomic E-state index is 11.5. The van der Waals surface area contributed by atoms with Gasteiger partial charge in [-0.2, -0.15) is 0 Å². The molecule has 0 saturated carbocycles. The second kappa shape index (κ2) is 4.39. The van der Waals surface area contributed by atoms with Crippen LogP contribution in [0.15, 0.2) is 17.5 Å². The molecule has 1 heterocycles. The van der Waals surface area contributed by atoms with Crippen LogP contribution in [0.25, 0.3) is 0 Å². The van der Waals surface area contributed by atoms with Crippen LogP contribution in [0.3, 0.4) is 0 Å². The van der Waals surface area contributed by atoms with Crippen molar-refractivity contribution in [2.24, 2.45) is 0 Å². The van der Waals surface area contributed by atoms with E-state index in [9.17, 15) is 4.79 Å². The molecule has 1 atom stereocenters. The zero-order chi connectivity index (χ0) is 9.84. The third kappa shape index (κ3) is 2.82. The van der Waals surface area contributed by atoms with Crippen molar-refractivity contribution in [3.8, 4) is 0 Å². The van der Waals surface area contributed by atoms with Crippen LogP contribution in [0.4, 0.5) is 0 Å². The molecule has 0 fully saturated rings. The zero-order valence-corrected chi connectivity index (χ0v) is 8.89. The Morgan fingerprint density at radius 3 is 2.77 bits per heavy atom. The minimum Gasteiger partial charge on any atom is -0.289 e. The molecule has 0 spiro atoms. The van der Waals surface area contributed by atoms with Crippen molar-refractivity contribution < 1.29 is 4.79 Å². The summed E-state index contributed by atoms with van der Waals surface area (Å²) in [6.07, 6.45) is 0. The van der Waals surface area contributed by atoms with Gasteiger partial charge in [0, 0.05) is 19.0 Å². The Bertz CT molecular complexity index is 269. The average Bonchev–Trinajstić information content (AvgIpc) is 2.53. The molecule has 72 valence electrons. The summed E-state index contributed by atoms with van der Waals surface area (Å²) in [6.45, 7) is 1.91. The lowest BCUT2D eigenvalue weighted by atomic mass is 10.1. The van der Waals surface area contributed by atoms with E-state index in [2.05, 4.69) is 5.43 Å². The molecule has 1 unspecified atom stereocenters. The van der Waals surface area contributed by atoms with E-state index in [0.717, 1.165) is 4.88 Å². The van der Waals surface area contributed by atoms with Crippen LogP contribution in [0, 0.1) is 0 Å². The normalized spacial score (nSPS) is 12.9. The van der Waals surface area contributed by atoms with Gasteiger partial charge in [0.15, 0.2) is 0 Å². The highest BCUT2D eigenvalue weighted by Crippen LogP contribution is 2.20. The van der Waals surface area contributed by atoms with Gasteiger partial charge in [-0.05, 0) is 18.4 Å². The number of rotatable bonds is 3. The smallest absolute Gasteiger partial charge is 0.242 e. The third-order valence-corrected chi connectivity index (χ3v) is 2.75. The van der Waals surface area contributed by atoms with Gasteiger partial charge in [0.2, 0.25) is 5.91 Å². The molecule has 1 rings (SSSR count). The first kappa shape index (κ1) is 10.2. The number of thiophene rings is 1. The van der Waals surface area contributed by atoms with Gasteiger partial charge in [-0.15, -0.1) is 11.3 Å². The van der Waals surface area contributed by atoms with Crippen LogP contribution in [0.2, 0.25) is 0 Å². The molecule has 0 bridgehead atoms. The summed E-state index contributed by atoms with van der Waals surface area (Å²) < 4.78 is 0. The summed E-state index contributed by atoms with van der Waals surface area (Å²) in [7, 11) is 3.61. The Morgan fingerprint density at radius 1 is 1.62 bits per heavy atom. The SMILES string of the molecule is CC(C(=O)NN(C)C)c1cccs1. The molecular formula is C9H14N2OS. The number of hydrazine groups is 1. The molecule has 4 heteroatoms. The summed E-state index contributed by atoms with van der Waals surface area (Å²) in [4.78, 5) is 12.6. The standard InChI is InChI=1S/C9H14N2OS/c1-7(8-5-4-6-13-8)9(12)10-11(2)3/h4-7H,1-3H3,(H,10,12). The number of carbonyl (C=O) groups is 1. The van der Waals surface area contributed by atoms with Crippen molar-refractivity contribution >= 4 is 17.2 Å². The van der Waals surface area contributed by atoms with E-state index in [4.69, 9.17) is 0 Å². The number of nitrogens with zero attached hydrogens (tertiary/aromatic N) is 1. The minimum atomic E-state index is -0.0672. The van der Waals surface area contributed by atoms with Gasteiger partial charge >= 0.3 is 0 Å². The summed E-state index contributed by atoms with van der Waals surface area (Å²) in [5.41, 5.74) is 2.73. The molecule has 0 aliphatic carbocycles. The predicted octanol–water partition coefficient (Wildman–Crippen LogP) is 1.44. The third-order valence-electron chi connectivity index (χ3n) is 1.70. The maximum Gasteiger partial charge on any atom is 0.242 e. The van der Waals surface area contributed by atoms with Gasteiger partial charge in [-0.1, -0.05) is 6.07 Å². The second-order valence-corrected chi connectivity index (χ2v) is 4.09. The Hall–Kier alpha value is -0.870. The van der Waals surface area contributed by atoms with Gasteiger partial charge in [-0.25, -0.2) is 5.01 Å². The summed E-state index contributed by atoms with van der Waals surface area (Å²) in [5, 5.41) is 3.64. The molecule has 13 heavy (non-hydrogen) atoms. The van der Waals surface area contributed by atoms with Gasteiger partial charge in [0.25, 0.3) is 0 Å². The van der Waals surface area contributed by atoms with Crippen LogP contribution in [-0.4, -0.2) is 25.0 Å². The Labute approximate surface area is 82.3 Å². The average molecular weight is 198 g/mol. The van der Waals surface area contributed by atoms with Gasteiger partial charge < -0.3 is 0 Å². The van der Waals surface area contributed by atoms with Crippen LogP contribution < -0.4 is 5.43 Å². The molecule has 0 radical (unpaired) electrons. The first-order chi connectivity index (χ1) is 6.11. The molecule has 0 saturated heterocycles. The molecule has 1 amide bonds. The molecule has 1 aromatic heterocycles. The van der Waals surface area contributed by atoms with Gasteiger partial charge in [0.1, 0.15) is 0 Å². The lowest BCUT2D eigenvalue weighted by Gasteiger charge is -2.15. The zero-order valence-electron chi connectivity index (χ0n) is 8.07. The van der Waals surface area contributed by atoms with Gasteiger partial charge in [-0.3, -0.25) is 10.2 Å². The fourth-order valence-electron chi connectivity index (χ4n) is 0.984. The van der Waals surface area contributed by atoms with Crippen molar-refractivity contribution in [3.63, 3.8) is 0 Å².